The summed E-state index contributed by atoms with van der Waals surface area (Å²) in [6.07, 6.45) is 2.13. The summed E-state index contributed by atoms with van der Waals surface area (Å²) < 4.78 is 0. The molecule has 5 rings (SSSR count). The Labute approximate surface area is 157 Å². The molecule has 3 aliphatic rings. The third-order valence-corrected chi connectivity index (χ3v) is 6.06. The number of hydrogen-bond acceptors (Lipinski definition) is 3. The molecule has 2 aromatic carbocycles. The quantitative estimate of drug-likeness (QED) is 0.880. The van der Waals surface area contributed by atoms with E-state index in [4.69, 9.17) is 0 Å². The van der Waals surface area contributed by atoms with Crippen LogP contribution >= 0.6 is 0 Å². The molecule has 0 unspecified atom stereocenters. The topological polar surface area (TPSA) is 69.7 Å². The summed E-state index contributed by atoms with van der Waals surface area (Å²) in [5.74, 6) is -0.0740. The van der Waals surface area contributed by atoms with E-state index in [2.05, 4.69) is 5.32 Å². The van der Waals surface area contributed by atoms with Gasteiger partial charge in [0.15, 0.2) is 0 Å². The molecule has 2 aromatic rings. The number of rotatable bonds is 2. The Morgan fingerprint density at radius 1 is 0.963 bits per heavy atom. The highest BCUT2D eigenvalue weighted by atomic mass is 16.2. The van der Waals surface area contributed by atoms with Crippen LogP contribution in [0.1, 0.15) is 29.6 Å². The molecule has 27 heavy (non-hydrogen) atoms. The Bertz CT molecular complexity index is 921. The number of amides is 3. The maximum Gasteiger partial charge on any atom is 0.252 e. The molecular weight excluding hydrogens is 342 g/mol. The van der Waals surface area contributed by atoms with Crippen LogP contribution in [0.3, 0.4) is 0 Å². The first kappa shape index (κ1) is 16.3. The highest BCUT2D eigenvalue weighted by molar-refractivity contribution is 6.07. The minimum atomic E-state index is -0.426. The molecule has 0 aliphatic carbocycles. The SMILES string of the molecule is O=C(N[C@H]1C[C@H]2C(=O)N3CCC[C@@H]3C(=O)N2C1)c1cccc2ccccc12. The van der Waals surface area contributed by atoms with E-state index in [-0.39, 0.29) is 29.8 Å². The molecule has 3 saturated heterocycles. The summed E-state index contributed by atoms with van der Waals surface area (Å²) in [6.45, 7) is 1.09. The first-order valence-electron chi connectivity index (χ1n) is 9.53. The minimum absolute atomic E-state index is 0.0407. The second kappa shape index (κ2) is 6.08. The first-order valence-corrected chi connectivity index (χ1v) is 9.53. The number of fused-ring (bicyclic) bond motifs is 3. The van der Waals surface area contributed by atoms with Gasteiger partial charge in [-0.05, 0) is 36.1 Å². The second-order valence-electron chi connectivity index (χ2n) is 7.63. The highest BCUT2D eigenvalue weighted by Crippen LogP contribution is 2.32. The van der Waals surface area contributed by atoms with E-state index < -0.39 is 6.04 Å². The van der Waals surface area contributed by atoms with E-state index >= 15 is 0 Å². The van der Waals surface area contributed by atoms with Crippen LogP contribution in [-0.2, 0) is 9.59 Å². The number of hydrogen-bond donors (Lipinski definition) is 1. The van der Waals surface area contributed by atoms with E-state index in [9.17, 15) is 14.4 Å². The summed E-state index contributed by atoms with van der Waals surface area (Å²) in [5, 5.41) is 4.96. The Morgan fingerprint density at radius 3 is 2.63 bits per heavy atom. The monoisotopic (exact) mass is 363 g/mol. The maximum atomic E-state index is 12.9. The van der Waals surface area contributed by atoms with Crippen molar-refractivity contribution in [3.8, 4) is 0 Å². The summed E-state index contributed by atoms with van der Waals surface area (Å²) in [7, 11) is 0. The van der Waals surface area contributed by atoms with Crippen molar-refractivity contribution in [1.29, 1.82) is 0 Å². The molecule has 0 saturated carbocycles. The predicted molar refractivity (Wildman–Crippen MR) is 100 cm³/mol. The Morgan fingerprint density at radius 2 is 1.74 bits per heavy atom. The lowest BCUT2D eigenvalue weighted by molar-refractivity contribution is -0.156. The fraction of sp³-hybridized carbons (Fsp3) is 0.381. The van der Waals surface area contributed by atoms with Crippen molar-refractivity contribution >= 4 is 28.5 Å². The second-order valence-corrected chi connectivity index (χ2v) is 7.63. The average Bonchev–Trinajstić information content (AvgIpc) is 3.33. The Balaban J connectivity index is 1.36. The summed E-state index contributed by atoms with van der Waals surface area (Å²) in [4.78, 5) is 41.7. The zero-order valence-electron chi connectivity index (χ0n) is 14.9. The molecule has 3 fully saturated rings. The van der Waals surface area contributed by atoms with Gasteiger partial charge in [-0.1, -0.05) is 36.4 Å². The van der Waals surface area contributed by atoms with Gasteiger partial charge in [0.1, 0.15) is 12.1 Å². The van der Waals surface area contributed by atoms with Crippen molar-refractivity contribution in [3.05, 3.63) is 48.0 Å². The fourth-order valence-electron chi connectivity index (χ4n) is 4.77. The molecule has 0 radical (unpaired) electrons. The van der Waals surface area contributed by atoms with Crippen LogP contribution in [0.15, 0.2) is 42.5 Å². The van der Waals surface area contributed by atoms with E-state index in [0.29, 0.717) is 25.1 Å². The largest absolute Gasteiger partial charge is 0.347 e. The summed E-state index contributed by atoms with van der Waals surface area (Å²) in [5.41, 5.74) is 0.622. The molecule has 138 valence electrons. The van der Waals surface area contributed by atoms with Crippen LogP contribution in [0.5, 0.6) is 0 Å². The van der Waals surface area contributed by atoms with Crippen LogP contribution < -0.4 is 5.32 Å². The molecule has 3 atom stereocenters. The average molecular weight is 363 g/mol. The van der Waals surface area contributed by atoms with Gasteiger partial charge in [0.25, 0.3) is 5.91 Å². The van der Waals surface area contributed by atoms with Gasteiger partial charge in [-0.3, -0.25) is 14.4 Å². The van der Waals surface area contributed by atoms with Crippen LogP contribution in [-0.4, -0.2) is 58.7 Å². The van der Waals surface area contributed by atoms with Crippen LogP contribution in [0.4, 0.5) is 0 Å². The number of carbonyl (C=O) groups excluding carboxylic acids is 3. The number of nitrogens with one attached hydrogen (secondary N) is 1. The van der Waals surface area contributed by atoms with Crippen LogP contribution in [0.25, 0.3) is 10.8 Å². The number of benzene rings is 2. The standard InChI is InChI=1S/C21H21N3O3/c25-19(16-8-3-6-13-5-1-2-7-15(13)16)22-14-11-18-21(27)23-10-4-9-17(23)20(26)24(18)12-14/h1-3,5-8,14,17-18H,4,9-12H2,(H,22,25)/t14-,17+,18-/m0/s1. The molecule has 0 spiro atoms. The summed E-state index contributed by atoms with van der Waals surface area (Å²) >= 11 is 0. The third kappa shape index (κ3) is 2.51. The van der Waals surface area contributed by atoms with Gasteiger partial charge in [0.2, 0.25) is 11.8 Å². The van der Waals surface area contributed by atoms with Crippen molar-refractivity contribution in [1.82, 2.24) is 15.1 Å². The molecule has 3 amide bonds. The van der Waals surface area contributed by atoms with Gasteiger partial charge in [0.05, 0.1) is 0 Å². The fourth-order valence-corrected chi connectivity index (χ4v) is 4.77. The minimum Gasteiger partial charge on any atom is -0.347 e. The molecule has 6 heteroatoms. The number of nitrogens with zero attached hydrogens (tertiary/aromatic N) is 2. The van der Waals surface area contributed by atoms with Crippen LogP contribution in [0.2, 0.25) is 0 Å². The lowest BCUT2D eigenvalue weighted by Gasteiger charge is -2.38. The summed E-state index contributed by atoms with van der Waals surface area (Å²) in [6, 6.07) is 12.5. The van der Waals surface area contributed by atoms with Crippen molar-refractivity contribution in [2.45, 2.75) is 37.4 Å². The molecule has 3 aliphatic heterocycles. The molecular formula is C21H21N3O3. The molecule has 6 nitrogen and oxygen atoms in total. The van der Waals surface area contributed by atoms with Gasteiger partial charge in [-0.15, -0.1) is 0 Å². The molecule has 0 bridgehead atoms. The van der Waals surface area contributed by atoms with Crippen molar-refractivity contribution in [2.24, 2.45) is 0 Å². The lowest BCUT2D eigenvalue weighted by Crippen LogP contribution is -2.60. The number of piperazine rings is 1. The molecule has 1 N–H and O–H groups in total. The van der Waals surface area contributed by atoms with E-state index in [1.165, 1.54) is 0 Å². The van der Waals surface area contributed by atoms with E-state index in [0.717, 1.165) is 23.6 Å². The van der Waals surface area contributed by atoms with E-state index in [1.807, 2.05) is 42.5 Å². The van der Waals surface area contributed by atoms with Gasteiger partial charge in [0, 0.05) is 24.7 Å². The first-order chi connectivity index (χ1) is 13.1. The lowest BCUT2D eigenvalue weighted by atomic mass is 10.0. The molecule has 0 aromatic heterocycles. The van der Waals surface area contributed by atoms with E-state index in [1.54, 1.807) is 9.80 Å². The van der Waals surface area contributed by atoms with Crippen molar-refractivity contribution < 1.29 is 14.4 Å². The number of carbonyl (C=O) groups is 3. The van der Waals surface area contributed by atoms with Gasteiger partial charge < -0.3 is 15.1 Å². The van der Waals surface area contributed by atoms with Crippen LogP contribution in [0, 0.1) is 0 Å². The zero-order chi connectivity index (χ0) is 18.5. The highest BCUT2D eigenvalue weighted by Gasteiger charge is 2.51. The molecule has 3 heterocycles. The Kier molecular flexibility index (Phi) is 3.67. The van der Waals surface area contributed by atoms with Crippen molar-refractivity contribution in [3.63, 3.8) is 0 Å². The normalized spacial score (nSPS) is 27.0. The smallest absolute Gasteiger partial charge is 0.252 e. The zero-order valence-corrected chi connectivity index (χ0v) is 14.9. The van der Waals surface area contributed by atoms with Gasteiger partial charge in [-0.2, -0.15) is 0 Å². The third-order valence-electron chi connectivity index (χ3n) is 6.06. The predicted octanol–water partition coefficient (Wildman–Crippen LogP) is 1.54. The maximum absolute atomic E-state index is 12.9. The Hall–Kier alpha value is -2.89. The van der Waals surface area contributed by atoms with Gasteiger partial charge in [-0.25, -0.2) is 0 Å². The van der Waals surface area contributed by atoms with Crippen molar-refractivity contribution in [2.75, 3.05) is 13.1 Å². The van der Waals surface area contributed by atoms with Gasteiger partial charge >= 0.3 is 0 Å².